The van der Waals surface area contributed by atoms with Gasteiger partial charge in [0.25, 0.3) is 0 Å². The number of Topliss-reactive ketones (excluding diaryl/α,β-unsaturated/α-hetero) is 1. The van der Waals surface area contributed by atoms with Gasteiger partial charge in [0.1, 0.15) is 10.8 Å². The zero-order valence-electron chi connectivity index (χ0n) is 11.8. The van der Waals surface area contributed by atoms with Crippen LogP contribution in [0.4, 0.5) is 0 Å². The van der Waals surface area contributed by atoms with E-state index in [0.29, 0.717) is 13.0 Å². The van der Waals surface area contributed by atoms with Gasteiger partial charge in [-0.3, -0.25) is 4.79 Å². The number of rotatable bonds is 6. The van der Waals surface area contributed by atoms with E-state index < -0.39 is 0 Å². The molecule has 102 valence electrons. The summed E-state index contributed by atoms with van der Waals surface area (Å²) in [6.45, 7) is 9.05. The molecule has 0 amide bonds. The minimum absolute atomic E-state index is 0.0585. The normalized spacial score (nSPS) is 13.6. The maximum absolute atomic E-state index is 12.0. The molecule has 0 saturated heterocycles. The van der Waals surface area contributed by atoms with Crippen LogP contribution in [0.1, 0.15) is 51.2 Å². The molecular formula is C14H24N2OS. The third-order valence-corrected chi connectivity index (χ3v) is 3.89. The molecule has 1 unspecified atom stereocenters. The van der Waals surface area contributed by atoms with Crippen molar-refractivity contribution in [2.45, 2.75) is 52.4 Å². The molecule has 18 heavy (non-hydrogen) atoms. The molecule has 1 aromatic rings. The molecule has 0 fully saturated rings. The van der Waals surface area contributed by atoms with E-state index in [1.165, 1.54) is 0 Å². The first kappa shape index (κ1) is 15.3. The lowest BCUT2D eigenvalue weighted by Gasteiger charge is -2.14. The number of hydrogen-bond donors (Lipinski definition) is 1. The van der Waals surface area contributed by atoms with E-state index in [-0.39, 0.29) is 17.1 Å². The molecule has 1 aromatic heterocycles. The van der Waals surface area contributed by atoms with Gasteiger partial charge < -0.3 is 5.73 Å². The molecule has 2 N–H and O–H groups in total. The number of nitrogens with two attached hydrogens (primary N) is 1. The lowest BCUT2D eigenvalue weighted by molar-refractivity contribution is -0.121. The van der Waals surface area contributed by atoms with Crippen LogP contribution in [0.15, 0.2) is 5.38 Å². The lowest BCUT2D eigenvalue weighted by Crippen LogP contribution is -2.16. The van der Waals surface area contributed by atoms with E-state index in [9.17, 15) is 4.79 Å². The van der Waals surface area contributed by atoms with Crippen LogP contribution >= 0.6 is 11.3 Å². The third kappa shape index (κ3) is 4.50. The summed E-state index contributed by atoms with van der Waals surface area (Å²) in [5, 5.41) is 3.00. The highest BCUT2D eigenvalue weighted by atomic mass is 32.1. The Morgan fingerprint density at radius 3 is 2.67 bits per heavy atom. The van der Waals surface area contributed by atoms with Crippen molar-refractivity contribution in [3.63, 3.8) is 0 Å². The van der Waals surface area contributed by atoms with E-state index in [1.807, 2.05) is 6.92 Å². The van der Waals surface area contributed by atoms with Crippen molar-refractivity contribution in [3.8, 4) is 0 Å². The second-order valence-corrected chi connectivity index (χ2v) is 6.79. The van der Waals surface area contributed by atoms with Gasteiger partial charge in [0, 0.05) is 16.7 Å². The summed E-state index contributed by atoms with van der Waals surface area (Å²) < 4.78 is 0. The van der Waals surface area contributed by atoms with Crippen molar-refractivity contribution in [2.75, 3.05) is 6.54 Å². The number of aromatic nitrogens is 1. The average Bonchev–Trinajstić information content (AvgIpc) is 2.73. The second kappa shape index (κ2) is 6.43. The third-order valence-electron chi connectivity index (χ3n) is 3.04. The van der Waals surface area contributed by atoms with Gasteiger partial charge in [0.05, 0.1) is 12.1 Å². The first-order valence-corrected chi connectivity index (χ1v) is 7.40. The molecule has 1 rings (SSSR count). The maximum atomic E-state index is 12.0. The Balaban J connectivity index is 2.57. The van der Waals surface area contributed by atoms with Gasteiger partial charge in [-0.2, -0.15) is 0 Å². The summed E-state index contributed by atoms with van der Waals surface area (Å²) in [5.41, 5.74) is 6.59. The lowest BCUT2D eigenvalue weighted by atomic mass is 9.93. The van der Waals surface area contributed by atoms with E-state index in [1.54, 1.807) is 11.3 Å². The molecule has 4 heteroatoms. The Kier molecular flexibility index (Phi) is 5.47. The van der Waals surface area contributed by atoms with Crippen LogP contribution in [-0.2, 0) is 16.6 Å². The Labute approximate surface area is 114 Å². The van der Waals surface area contributed by atoms with Gasteiger partial charge in [0.2, 0.25) is 0 Å². The topological polar surface area (TPSA) is 56.0 Å². The SMILES string of the molecule is CC(CCCN)C(=O)Cc1nc(C(C)(C)C)cs1. The number of hydrogen-bond acceptors (Lipinski definition) is 4. The quantitative estimate of drug-likeness (QED) is 0.863. The van der Waals surface area contributed by atoms with Crippen molar-refractivity contribution in [3.05, 3.63) is 16.1 Å². The predicted molar refractivity (Wildman–Crippen MR) is 77.0 cm³/mol. The highest BCUT2D eigenvalue weighted by Crippen LogP contribution is 2.24. The number of ketones is 1. The van der Waals surface area contributed by atoms with E-state index in [0.717, 1.165) is 23.5 Å². The Morgan fingerprint density at radius 2 is 2.17 bits per heavy atom. The smallest absolute Gasteiger partial charge is 0.142 e. The van der Waals surface area contributed by atoms with E-state index in [2.05, 4.69) is 31.1 Å². The van der Waals surface area contributed by atoms with Gasteiger partial charge in [0.15, 0.2) is 0 Å². The Bertz CT molecular complexity index is 393. The van der Waals surface area contributed by atoms with Gasteiger partial charge in [-0.25, -0.2) is 4.98 Å². The van der Waals surface area contributed by atoms with Gasteiger partial charge in [-0.05, 0) is 19.4 Å². The minimum atomic E-state index is 0.0585. The maximum Gasteiger partial charge on any atom is 0.142 e. The molecule has 0 aliphatic rings. The van der Waals surface area contributed by atoms with Crippen LogP contribution in [-0.4, -0.2) is 17.3 Å². The molecule has 0 bridgehead atoms. The molecular weight excluding hydrogens is 244 g/mol. The Morgan fingerprint density at radius 1 is 1.50 bits per heavy atom. The number of nitrogens with zero attached hydrogens (tertiary/aromatic N) is 1. The molecule has 0 aliphatic heterocycles. The van der Waals surface area contributed by atoms with E-state index >= 15 is 0 Å². The van der Waals surface area contributed by atoms with Crippen LogP contribution in [0, 0.1) is 5.92 Å². The number of thiazole rings is 1. The second-order valence-electron chi connectivity index (χ2n) is 5.85. The highest BCUT2D eigenvalue weighted by molar-refractivity contribution is 7.09. The summed E-state index contributed by atoms with van der Waals surface area (Å²) >= 11 is 1.59. The summed E-state index contributed by atoms with van der Waals surface area (Å²) in [5.74, 6) is 0.369. The zero-order chi connectivity index (χ0) is 13.8. The van der Waals surface area contributed by atoms with Crippen molar-refractivity contribution >= 4 is 17.1 Å². The fourth-order valence-electron chi connectivity index (χ4n) is 1.64. The minimum Gasteiger partial charge on any atom is -0.330 e. The molecule has 0 saturated carbocycles. The number of carbonyl (C=O) groups excluding carboxylic acids is 1. The first-order valence-electron chi connectivity index (χ1n) is 6.52. The van der Waals surface area contributed by atoms with Crippen LogP contribution in [0.25, 0.3) is 0 Å². The summed E-state index contributed by atoms with van der Waals surface area (Å²) in [4.78, 5) is 16.6. The van der Waals surface area contributed by atoms with Crippen LogP contribution in [0.5, 0.6) is 0 Å². The van der Waals surface area contributed by atoms with Crippen molar-refractivity contribution in [1.82, 2.24) is 4.98 Å². The monoisotopic (exact) mass is 268 g/mol. The fraction of sp³-hybridized carbons (Fsp3) is 0.714. The Hall–Kier alpha value is -0.740. The standard InChI is InChI=1S/C14H24N2OS/c1-10(6-5-7-15)11(17)8-13-16-12(9-18-13)14(2,3)4/h9-10H,5-8,15H2,1-4H3. The summed E-state index contributed by atoms with van der Waals surface area (Å²) in [7, 11) is 0. The summed E-state index contributed by atoms with van der Waals surface area (Å²) in [6, 6.07) is 0. The molecule has 0 aromatic carbocycles. The van der Waals surface area contributed by atoms with Crippen LogP contribution in [0.3, 0.4) is 0 Å². The average molecular weight is 268 g/mol. The molecule has 1 atom stereocenters. The van der Waals surface area contributed by atoms with Gasteiger partial charge >= 0.3 is 0 Å². The summed E-state index contributed by atoms with van der Waals surface area (Å²) in [6.07, 6.45) is 2.26. The molecule has 0 radical (unpaired) electrons. The highest BCUT2D eigenvalue weighted by Gasteiger charge is 2.19. The molecule has 3 nitrogen and oxygen atoms in total. The van der Waals surface area contributed by atoms with Crippen molar-refractivity contribution in [2.24, 2.45) is 11.7 Å². The molecule has 1 heterocycles. The first-order chi connectivity index (χ1) is 8.34. The van der Waals surface area contributed by atoms with Crippen LogP contribution < -0.4 is 5.73 Å². The largest absolute Gasteiger partial charge is 0.330 e. The van der Waals surface area contributed by atoms with Crippen molar-refractivity contribution < 1.29 is 4.79 Å². The molecule has 0 aliphatic carbocycles. The predicted octanol–water partition coefficient (Wildman–Crippen LogP) is 2.93. The zero-order valence-corrected chi connectivity index (χ0v) is 12.6. The van der Waals surface area contributed by atoms with Gasteiger partial charge in [-0.1, -0.05) is 27.7 Å². The van der Waals surface area contributed by atoms with Crippen LogP contribution in [0.2, 0.25) is 0 Å². The van der Waals surface area contributed by atoms with Gasteiger partial charge in [-0.15, -0.1) is 11.3 Å². The van der Waals surface area contributed by atoms with E-state index in [4.69, 9.17) is 5.73 Å². The van der Waals surface area contributed by atoms with Crippen molar-refractivity contribution in [1.29, 1.82) is 0 Å². The molecule has 0 spiro atoms. The fourth-order valence-corrected chi connectivity index (χ4v) is 2.68. The number of carbonyl (C=O) groups is 1.